The summed E-state index contributed by atoms with van der Waals surface area (Å²) in [5.41, 5.74) is 4.39. The van der Waals surface area contributed by atoms with E-state index in [1.807, 2.05) is 0 Å². The van der Waals surface area contributed by atoms with Crippen LogP contribution in [-0.4, -0.2) is 26.4 Å². The van der Waals surface area contributed by atoms with Crippen LogP contribution in [0.15, 0.2) is 48.5 Å². The Morgan fingerprint density at radius 3 is 0.902 bits per heavy atom. The van der Waals surface area contributed by atoms with Crippen LogP contribution in [0.2, 0.25) is 0 Å². The van der Waals surface area contributed by atoms with E-state index in [2.05, 4.69) is 91.7 Å². The minimum absolute atomic E-state index is 0.418. The Hall–Kier alpha value is -1.38. The maximum atomic E-state index is 13.4. The molecule has 0 fully saturated rings. The van der Waals surface area contributed by atoms with Crippen molar-refractivity contribution in [3.8, 4) is 0 Å². The molecule has 0 aliphatic heterocycles. The molecule has 0 aliphatic rings. The molecule has 0 saturated carbocycles. The molecule has 0 spiro atoms. The Balaban J connectivity index is 1.80. The minimum Gasteiger partial charge on any atom is -0.309 e. The minimum atomic E-state index is -3.37. The van der Waals surface area contributed by atoms with Gasteiger partial charge in [0, 0.05) is 26.2 Å². The predicted molar refractivity (Wildman–Crippen MR) is 213 cm³/mol. The van der Waals surface area contributed by atoms with Crippen LogP contribution in [0.25, 0.3) is 0 Å². The van der Waals surface area contributed by atoms with Crippen LogP contribution >= 0.6 is 15.5 Å². The molecule has 0 unspecified atom stereocenters. The highest BCUT2D eigenvalue weighted by atomic mass is 31.2. The summed E-state index contributed by atoms with van der Waals surface area (Å²) in [5.74, 6) is 0. The van der Waals surface area contributed by atoms with Gasteiger partial charge >= 0.3 is 15.5 Å². The summed E-state index contributed by atoms with van der Waals surface area (Å²) >= 11 is 0. The molecule has 0 bridgehead atoms. The van der Waals surface area contributed by atoms with Crippen LogP contribution in [0, 0.1) is 0 Å². The molecule has 9 nitrogen and oxygen atoms in total. The highest BCUT2D eigenvalue weighted by Crippen LogP contribution is 2.45. The van der Waals surface area contributed by atoms with E-state index in [0.29, 0.717) is 39.5 Å². The first-order valence-electron chi connectivity index (χ1n) is 20.0. The first-order chi connectivity index (χ1) is 24.8. The van der Waals surface area contributed by atoms with E-state index in [0.717, 1.165) is 127 Å². The first kappa shape index (κ1) is 45.8. The second kappa shape index (κ2) is 29.0. The van der Waals surface area contributed by atoms with Gasteiger partial charge in [-0.2, -0.15) is 0 Å². The molecule has 292 valence electrons. The maximum absolute atomic E-state index is 13.4. The lowest BCUT2D eigenvalue weighted by Gasteiger charge is -2.20. The van der Waals surface area contributed by atoms with Crippen LogP contribution in [0.4, 0.5) is 0 Å². The van der Waals surface area contributed by atoms with Crippen LogP contribution in [0.1, 0.15) is 153 Å². The SMILES string of the molecule is CCCCCCOP(=O)(NCc1ccc(CNCc2ccc(CNP(=O)(OCCCCCC)OCCCCCC)cc2)cc1)OCCCCCC. The van der Waals surface area contributed by atoms with E-state index in [-0.39, 0.29) is 0 Å². The largest absolute Gasteiger partial charge is 0.405 e. The van der Waals surface area contributed by atoms with Gasteiger partial charge in [0.15, 0.2) is 0 Å². The number of rotatable bonds is 34. The summed E-state index contributed by atoms with van der Waals surface area (Å²) in [4.78, 5) is 0. The Morgan fingerprint density at radius 2 is 0.647 bits per heavy atom. The van der Waals surface area contributed by atoms with Crippen LogP contribution in [0.5, 0.6) is 0 Å². The molecular weight excluding hydrogens is 680 g/mol. The molecule has 0 saturated heterocycles. The van der Waals surface area contributed by atoms with Gasteiger partial charge in [-0.3, -0.25) is 18.1 Å². The summed E-state index contributed by atoms with van der Waals surface area (Å²) < 4.78 is 50.0. The molecular formula is C40H71N3O6P2. The van der Waals surface area contributed by atoms with Crippen LogP contribution in [-0.2, 0) is 53.4 Å². The average molecular weight is 752 g/mol. The van der Waals surface area contributed by atoms with Crippen molar-refractivity contribution < 1.29 is 27.2 Å². The third kappa shape index (κ3) is 22.4. The lowest BCUT2D eigenvalue weighted by molar-refractivity contribution is 0.188. The van der Waals surface area contributed by atoms with Gasteiger partial charge in [0.1, 0.15) is 0 Å². The molecule has 2 aromatic carbocycles. The zero-order chi connectivity index (χ0) is 36.9. The van der Waals surface area contributed by atoms with Crippen molar-refractivity contribution in [1.82, 2.24) is 15.5 Å². The van der Waals surface area contributed by atoms with E-state index in [9.17, 15) is 9.13 Å². The van der Waals surface area contributed by atoms with Gasteiger partial charge in [-0.1, -0.05) is 153 Å². The second-order valence-electron chi connectivity index (χ2n) is 13.5. The molecule has 0 aromatic heterocycles. The molecule has 3 N–H and O–H groups in total. The molecule has 51 heavy (non-hydrogen) atoms. The van der Waals surface area contributed by atoms with Gasteiger partial charge in [0.05, 0.1) is 26.4 Å². The van der Waals surface area contributed by atoms with Crippen LogP contribution in [0.3, 0.4) is 0 Å². The van der Waals surface area contributed by atoms with E-state index in [4.69, 9.17) is 18.1 Å². The zero-order valence-corrected chi connectivity index (χ0v) is 34.2. The fraction of sp³-hybridized carbons (Fsp3) is 0.700. The van der Waals surface area contributed by atoms with Gasteiger partial charge in [0.25, 0.3) is 0 Å². The topological polar surface area (TPSA) is 107 Å². The summed E-state index contributed by atoms with van der Waals surface area (Å²) in [6, 6.07) is 16.6. The predicted octanol–water partition coefficient (Wildman–Crippen LogP) is 11.8. The van der Waals surface area contributed by atoms with Gasteiger partial charge in [-0.25, -0.2) is 19.3 Å². The summed E-state index contributed by atoms with van der Waals surface area (Å²) in [7, 11) is -6.74. The van der Waals surface area contributed by atoms with Gasteiger partial charge in [-0.05, 0) is 47.9 Å². The number of hydrogen-bond donors (Lipinski definition) is 3. The Bertz CT molecular complexity index is 1090. The number of benzene rings is 2. The van der Waals surface area contributed by atoms with Gasteiger partial charge < -0.3 is 5.32 Å². The standard InChI is InChI=1S/C40H71N3O6P2/c1-5-9-13-17-29-46-50(44,47-30-18-14-10-6-2)42-35-39-25-21-37(22-26-39)33-41-34-38-23-27-40(28-24-38)36-43-51(45,48-31-19-15-11-7-3)49-32-20-16-12-8-4/h21-28,41H,5-20,29-36H2,1-4H3,(H,42,44)(H,43,45). The molecule has 0 radical (unpaired) electrons. The van der Waals surface area contributed by atoms with Crippen molar-refractivity contribution >= 4 is 15.5 Å². The van der Waals surface area contributed by atoms with Gasteiger partial charge in [0.2, 0.25) is 0 Å². The monoisotopic (exact) mass is 751 g/mol. The van der Waals surface area contributed by atoms with Crippen molar-refractivity contribution in [2.24, 2.45) is 0 Å². The highest BCUT2D eigenvalue weighted by molar-refractivity contribution is 7.51. The quantitative estimate of drug-likeness (QED) is 0.0476. The molecule has 0 aliphatic carbocycles. The number of hydrogen-bond acceptors (Lipinski definition) is 7. The average Bonchev–Trinajstić information content (AvgIpc) is 3.14. The second-order valence-corrected chi connectivity index (χ2v) is 17.1. The lowest BCUT2D eigenvalue weighted by Crippen LogP contribution is -2.16. The Morgan fingerprint density at radius 1 is 0.392 bits per heavy atom. The molecule has 0 atom stereocenters. The fourth-order valence-electron chi connectivity index (χ4n) is 5.39. The third-order valence-electron chi connectivity index (χ3n) is 8.69. The maximum Gasteiger partial charge on any atom is 0.405 e. The number of nitrogens with one attached hydrogen (secondary N) is 3. The van der Waals surface area contributed by atoms with Crippen molar-refractivity contribution in [3.63, 3.8) is 0 Å². The molecule has 2 rings (SSSR count). The highest BCUT2D eigenvalue weighted by Gasteiger charge is 2.25. The third-order valence-corrected chi connectivity index (χ3v) is 11.9. The van der Waals surface area contributed by atoms with Crippen molar-refractivity contribution in [2.45, 2.75) is 157 Å². The van der Waals surface area contributed by atoms with Crippen molar-refractivity contribution in [3.05, 3.63) is 70.8 Å². The summed E-state index contributed by atoms with van der Waals surface area (Å²) in [6.07, 6.45) is 17.0. The fourth-order valence-corrected chi connectivity index (χ4v) is 8.13. The van der Waals surface area contributed by atoms with E-state index in [1.165, 1.54) is 11.1 Å². The summed E-state index contributed by atoms with van der Waals surface area (Å²) in [6.45, 7) is 12.7. The number of unbranched alkanes of at least 4 members (excludes halogenated alkanes) is 12. The molecule has 11 heteroatoms. The summed E-state index contributed by atoms with van der Waals surface area (Å²) in [5, 5.41) is 9.70. The zero-order valence-electron chi connectivity index (χ0n) is 32.4. The van der Waals surface area contributed by atoms with E-state index < -0.39 is 15.5 Å². The molecule has 2 aromatic rings. The Kier molecular flexibility index (Phi) is 26.1. The van der Waals surface area contributed by atoms with Gasteiger partial charge in [-0.15, -0.1) is 0 Å². The molecule has 0 amide bonds. The Labute approximate surface area is 311 Å². The van der Waals surface area contributed by atoms with Crippen molar-refractivity contribution in [2.75, 3.05) is 26.4 Å². The van der Waals surface area contributed by atoms with Crippen LogP contribution < -0.4 is 15.5 Å². The van der Waals surface area contributed by atoms with E-state index in [1.54, 1.807) is 0 Å². The lowest BCUT2D eigenvalue weighted by atomic mass is 10.1. The molecule has 0 heterocycles. The van der Waals surface area contributed by atoms with Crippen molar-refractivity contribution in [1.29, 1.82) is 0 Å². The normalized spacial score (nSPS) is 12.2. The van der Waals surface area contributed by atoms with E-state index >= 15 is 0 Å². The first-order valence-corrected chi connectivity index (χ1v) is 23.1. The smallest absolute Gasteiger partial charge is 0.309 e.